The molecule has 1 fully saturated rings. The van der Waals surface area contributed by atoms with Gasteiger partial charge in [-0.05, 0) is 40.8 Å². The van der Waals surface area contributed by atoms with Gasteiger partial charge in [-0.15, -0.1) is 0 Å². The summed E-state index contributed by atoms with van der Waals surface area (Å²) in [7, 11) is 0. The lowest BCUT2D eigenvalue weighted by atomic mass is 10.2. The smallest absolute Gasteiger partial charge is 0.137 e. The van der Waals surface area contributed by atoms with Crippen LogP contribution in [0.4, 0.5) is 0 Å². The van der Waals surface area contributed by atoms with Crippen LogP contribution in [0.25, 0.3) is 17.1 Å². The van der Waals surface area contributed by atoms with E-state index in [9.17, 15) is 0 Å². The molecule has 1 aliphatic rings. The number of nitrogens with zero attached hydrogens (tertiary/aromatic N) is 1. The molecule has 0 aromatic carbocycles. The van der Waals surface area contributed by atoms with Crippen LogP contribution in [0.15, 0.2) is 29.0 Å². The van der Waals surface area contributed by atoms with Gasteiger partial charge in [-0.3, -0.25) is 0 Å². The fraction of sp³-hybridized carbons (Fsp3) is 0.250. The number of halogens is 1. The van der Waals surface area contributed by atoms with Gasteiger partial charge in [0.2, 0.25) is 0 Å². The molecule has 0 amide bonds. The zero-order valence-electron chi connectivity index (χ0n) is 8.20. The van der Waals surface area contributed by atoms with Crippen LogP contribution in [0.1, 0.15) is 18.4 Å². The molecular weight excluding hydrogens is 252 g/mol. The van der Waals surface area contributed by atoms with Crippen molar-refractivity contribution in [3.63, 3.8) is 0 Å². The molecule has 76 valence electrons. The molecule has 2 aromatic heterocycles. The third-order valence-corrected chi connectivity index (χ3v) is 3.13. The van der Waals surface area contributed by atoms with E-state index >= 15 is 0 Å². The summed E-state index contributed by atoms with van der Waals surface area (Å²) in [5, 5.41) is 1.18. The van der Waals surface area contributed by atoms with Crippen molar-refractivity contribution in [3.8, 4) is 0 Å². The highest BCUT2D eigenvalue weighted by Crippen LogP contribution is 2.31. The van der Waals surface area contributed by atoms with E-state index in [1.807, 2.05) is 12.4 Å². The van der Waals surface area contributed by atoms with Gasteiger partial charge in [-0.2, -0.15) is 0 Å². The van der Waals surface area contributed by atoms with E-state index in [2.05, 4.69) is 44.1 Å². The Kier molecular flexibility index (Phi) is 2.13. The zero-order valence-corrected chi connectivity index (χ0v) is 9.79. The molecule has 0 radical (unpaired) electrons. The van der Waals surface area contributed by atoms with Crippen molar-refractivity contribution in [1.29, 1.82) is 0 Å². The number of aromatic nitrogens is 2. The van der Waals surface area contributed by atoms with Gasteiger partial charge in [0, 0.05) is 27.8 Å². The summed E-state index contributed by atoms with van der Waals surface area (Å²) in [4.78, 5) is 7.48. The second-order valence-electron chi connectivity index (χ2n) is 3.99. The lowest BCUT2D eigenvalue weighted by Gasteiger charge is -1.92. The molecule has 3 heteroatoms. The van der Waals surface area contributed by atoms with Crippen molar-refractivity contribution in [2.45, 2.75) is 12.8 Å². The summed E-state index contributed by atoms with van der Waals surface area (Å²) in [6, 6.07) is 2.10. The molecule has 1 N–H and O–H groups in total. The fourth-order valence-electron chi connectivity index (χ4n) is 1.66. The van der Waals surface area contributed by atoms with Gasteiger partial charge in [-0.25, -0.2) is 4.98 Å². The minimum Gasteiger partial charge on any atom is -0.346 e. The quantitative estimate of drug-likeness (QED) is 0.878. The lowest BCUT2D eigenvalue weighted by Crippen LogP contribution is -1.75. The van der Waals surface area contributed by atoms with Gasteiger partial charge >= 0.3 is 0 Å². The first-order chi connectivity index (χ1) is 7.33. The Morgan fingerprint density at radius 3 is 3.13 bits per heavy atom. The molecule has 0 unspecified atom stereocenters. The van der Waals surface area contributed by atoms with Gasteiger partial charge in [0.25, 0.3) is 0 Å². The SMILES string of the molecule is Brc1cnc2[nH]cc(C=CC3CC3)c2c1. The Labute approximate surface area is 96.5 Å². The third-order valence-electron chi connectivity index (χ3n) is 2.70. The number of aromatic amines is 1. The second kappa shape index (κ2) is 3.49. The Hall–Kier alpha value is -1.09. The predicted molar refractivity (Wildman–Crippen MR) is 65.6 cm³/mol. The van der Waals surface area contributed by atoms with Crippen molar-refractivity contribution in [2.75, 3.05) is 0 Å². The van der Waals surface area contributed by atoms with Crippen molar-refractivity contribution in [2.24, 2.45) is 5.92 Å². The van der Waals surface area contributed by atoms with E-state index in [1.165, 1.54) is 23.8 Å². The average Bonchev–Trinajstić information content (AvgIpc) is 2.97. The Morgan fingerprint density at radius 1 is 1.47 bits per heavy atom. The minimum atomic E-state index is 0.815. The maximum atomic E-state index is 4.31. The average molecular weight is 263 g/mol. The van der Waals surface area contributed by atoms with E-state index in [1.54, 1.807) is 0 Å². The van der Waals surface area contributed by atoms with Crippen LogP contribution < -0.4 is 0 Å². The molecule has 0 saturated heterocycles. The highest BCUT2D eigenvalue weighted by atomic mass is 79.9. The third kappa shape index (κ3) is 1.84. The second-order valence-corrected chi connectivity index (χ2v) is 4.91. The summed E-state index contributed by atoms with van der Waals surface area (Å²) >= 11 is 3.44. The van der Waals surface area contributed by atoms with E-state index < -0.39 is 0 Å². The highest BCUT2D eigenvalue weighted by Gasteiger charge is 2.17. The maximum Gasteiger partial charge on any atom is 0.137 e. The largest absolute Gasteiger partial charge is 0.346 e. The lowest BCUT2D eigenvalue weighted by molar-refractivity contribution is 1.13. The molecule has 0 bridgehead atoms. The fourth-order valence-corrected chi connectivity index (χ4v) is 2.00. The van der Waals surface area contributed by atoms with Crippen molar-refractivity contribution in [3.05, 3.63) is 34.6 Å². The Morgan fingerprint density at radius 2 is 2.33 bits per heavy atom. The topological polar surface area (TPSA) is 28.7 Å². The first-order valence-electron chi connectivity index (χ1n) is 5.14. The molecular formula is C12H11BrN2. The van der Waals surface area contributed by atoms with Crippen molar-refractivity contribution in [1.82, 2.24) is 9.97 Å². The Bertz CT molecular complexity index is 523. The molecule has 2 aromatic rings. The zero-order chi connectivity index (χ0) is 10.3. The number of rotatable bonds is 2. The number of fused-ring (bicyclic) bond motifs is 1. The predicted octanol–water partition coefficient (Wildman–Crippen LogP) is 3.75. The number of pyridine rings is 1. The maximum absolute atomic E-state index is 4.31. The summed E-state index contributed by atoms with van der Waals surface area (Å²) in [5.74, 6) is 0.815. The van der Waals surface area contributed by atoms with Gasteiger partial charge in [-0.1, -0.05) is 12.2 Å². The number of allylic oxidation sites excluding steroid dienone is 1. The molecule has 0 aliphatic heterocycles. The molecule has 2 nitrogen and oxygen atoms in total. The van der Waals surface area contributed by atoms with E-state index in [0.29, 0.717) is 0 Å². The molecule has 3 rings (SSSR count). The van der Waals surface area contributed by atoms with Crippen LogP contribution >= 0.6 is 15.9 Å². The molecule has 0 atom stereocenters. The first kappa shape index (κ1) is 9.16. The minimum absolute atomic E-state index is 0.815. The number of nitrogens with one attached hydrogen (secondary N) is 1. The molecule has 15 heavy (non-hydrogen) atoms. The van der Waals surface area contributed by atoms with Crippen LogP contribution in [0.5, 0.6) is 0 Å². The van der Waals surface area contributed by atoms with Gasteiger partial charge in [0.1, 0.15) is 5.65 Å². The molecule has 0 spiro atoms. The van der Waals surface area contributed by atoms with Crippen LogP contribution in [0.2, 0.25) is 0 Å². The van der Waals surface area contributed by atoms with Gasteiger partial charge in [0.05, 0.1) is 0 Å². The first-order valence-corrected chi connectivity index (χ1v) is 5.93. The number of hydrogen-bond acceptors (Lipinski definition) is 1. The van der Waals surface area contributed by atoms with E-state index in [4.69, 9.17) is 0 Å². The molecule has 1 aliphatic carbocycles. The van der Waals surface area contributed by atoms with Crippen LogP contribution in [0.3, 0.4) is 0 Å². The standard InChI is InChI=1S/C12H11BrN2/c13-10-5-11-9(4-3-8-1-2-8)6-14-12(11)15-7-10/h3-8H,1-2H2,(H,14,15). The van der Waals surface area contributed by atoms with Crippen molar-refractivity contribution >= 4 is 33.0 Å². The van der Waals surface area contributed by atoms with Gasteiger partial charge in [0.15, 0.2) is 0 Å². The van der Waals surface area contributed by atoms with E-state index in [0.717, 1.165) is 16.0 Å². The summed E-state index contributed by atoms with van der Waals surface area (Å²) in [5.41, 5.74) is 2.18. The van der Waals surface area contributed by atoms with Crippen LogP contribution in [0, 0.1) is 5.92 Å². The summed E-state index contributed by atoms with van der Waals surface area (Å²) in [6.45, 7) is 0. The van der Waals surface area contributed by atoms with E-state index in [-0.39, 0.29) is 0 Å². The summed E-state index contributed by atoms with van der Waals surface area (Å²) in [6.07, 6.45) is 11.0. The molecule has 1 saturated carbocycles. The van der Waals surface area contributed by atoms with Crippen LogP contribution in [-0.4, -0.2) is 9.97 Å². The monoisotopic (exact) mass is 262 g/mol. The summed E-state index contributed by atoms with van der Waals surface area (Å²) < 4.78 is 1.02. The molecule has 2 heterocycles. The van der Waals surface area contributed by atoms with Gasteiger partial charge < -0.3 is 4.98 Å². The Balaban J connectivity index is 2.05. The number of hydrogen-bond donors (Lipinski definition) is 1. The van der Waals surface area contributed by atoms with Crippen molar-refractivity contribution < 1.29 is 0 Å². The highest BCUT2D eigenvalue weighted by molar-refractivity contribution is 9.10. The van der Waals surface area contributed by atoms with Crippen LogP contribution in [-0.2, 0) is 0 Å². The normalized spacial score (nSPS) is 16.6. The number of H-pyrrole nitrogens is 1.